The van der Waals surface area contributed by atoms with Crippen LogP contribution in [0.25, 0.3) is 0 Å². The van der Waals surface area contributed by atoms with Gasteiger partial charge in [0.1, 0.15) is 5.76 Å². The fourth-order valence-electron chi connectivity index (χ4n) is 3.34. The molecule has 0 atom stereocenters. The maximum absolute atomic E-state index is 12.7. The van der Waals surface area contributed by atoms with E-state index in [0.29, 0.717) is 24.4 Å². The van der Waals surface area contributed by atoms with Gasteiger partial charge >= 0.3 is 0 Å². The highest BCUT2D eigenvalue weighted by Crippen LogP contribution is 2.24. The third kappa shape index (κ3) is 4.84. The Bertz CT molecular complexity index is 1210. The van der Waals surface area contributed by atoms with Crippen LogP contribution in [0.15, 0.2) is 76.2 Å². The molecule has 3 aromatic rings. The predicted molar refractivity (Wildman–Crippen MR) is 115 cm³/mol. The molecule has 0 spiro atoms. The zero-order valence-electron chi connectivity index (χ0n) is 16.6. The second-order valence-electron chi connectivity index (χ2n) is 7.09. The largest absolute Gasteiger partial charge is 0.468 e. The van der Waals surface area contributed by atoms with Crippen LogP contribution in [-0.2, 0) is 21.4 Å². The fourth-order valence-corrected chi connectivity index (χ4v) is 4.38. The average Bonchev–Trinajstić information content (AvgIpc) is 3.44. The van der Waals surface area contributed by atoms with Crippen LogP contribution >= 0.6 is 0 Å². The Kier molecular flexibility index (Phi) is 5.88. The van der Waals surface area contributed by atoms with Crippen molar-refractivity contribution >= 4 is 33.2 Å². The van der Waals surface area contributed by atoms with Gasteiger partial charge in [-0.05, 0) is 55.0 Å². The molecule has 8 nitrogen and oxygen atoms in total. The summed E-state index contributed by atoms with van der Waals surface area (Å²) in [7, 11) is -3.82. The van der Waals surface area contributed by atoms with Crippen LogP contribution in [0.3, 0.4) is 0 Å². The van der Waals surface area contributed by atoms with E-state index >= 15 is 0 Å². The predicted octanol–water partition coefficient (Wildman–Crippen LogP) is 3.14. The smallest absolute Gasteiger partial charge is 0.255 e. The molecule has 0 aliphatic carbocycles. The number of sulfonamides is 1. The third-order valence-electron chi connectivity index (χ3n) is 4.91. The Hall–Kier alpha value is -3.43. The number of amides is 2. The first kappa shape index (κ1) is 20.8. The van der Waals surface area contributed by atoms with Crippen molar-refractivity contribution in [2.24, 2.45) is 0 Å². The van der Waals surface area contributed by atoms with Gasteiger partial charge in [0.2, 0.25) is 15.9 Å². The Morgan fingerprint density at radius 3 is 2.65 bits per heavy atom. The second-order valence-corrected chi connectivity index (χ2v) is 8.85. The summed E-state index contributed by atoms with van der Waals surface area (Å²) in [5.74, 6) is 0.0882. The first-order valence-electron chi connectivity index (χ1n) is 9.76. The SMILES string of the molecule is O=C(Nc1cccc(N2CCCC2=O)c1)c1cccc(S(=O)(=O)NCc2ccco2)c1. The van der Waals surface area contributed by atoms with Crippen molar-refractivity contribution in [3.8, 4) is 0 Å². The molecule has 1 aliphatic heterocycles. The molecule has 0 saturated carbocycles. The highest BCUT2D eigenvalue weighted by molar-refractivity contribution is 7.89. The lowest BCUT2D eigenvalue weighted by atomic mass is 10.2. The molecule has 2 heterocycles. The van der Waals surface area contributed by atoms with Crippen molar-refractivity contribution < 1.29 is 22.4 Å². The molecular weight excluding hydrogens is 418 g/mol. The number of hydrogen-bond acceptors (Lipinski definition) is 5. The molecule has 1 fully saturated rings. The van der Waals surface area contributed by atoms with Crippen LogP contribution in [0.2, 0.25) is 0 Å². The summed E-state index contributed by atoms with van der Waals surface area (Å²) in [6.07, 6.45) is 2.79. The van der Waals surface area contributed by atoms with E-state index in [1.807, 2.05) is 6.07 Å². The summed E-state index contributed by atoms with van der Waals surface area (Å²) >= 11 is 0. The molecule has 2 aromatic carbocycles. The lowest BCUT2D eigenvalue weighted by molar-refractivity contribution is -0.117. The van der Waals surface area contributed by atoms with Gasteiger partial charge in [-0.2, -0.15) is 0 Å². The van der Waals surface area contributed by atoms with Gasteiger partial charge in [0, 0.05) is 29.9 Å². The van der Waals surface area contributed by atoms with E-state index in [1.165, 1.54) is 30.5 Å². The summed E-state index contributed by atoms with van der Waals surface area (Å²) in [6, 6.07) is 16.1. The van der Waals surface area contributed by atoms with Crippen LogP contribution in [-0.4, -0.2) is 26.8 Å². The van der Waals surface area contributed by atoms with E-state index in [2.05, 4.69) is 10.0 Å². The number of carbonyl (C=O) groups is 2. The lowest BCUT2D eigenvalue weighted by Gasteiger charge is -2.17. The highest BCUT2D eigenvalue weighted by Gasteiger charge is 2.22. The molecule has 0 radical (unpaired) electrons. The maximum atomic E-state index is 12.7. The minimum Gasteiger partial charge on any atom is -0.468 e. The summed E-state index contributed by atoms with van der Waals surface area (Å²) < 4.78 is 32.7. The lowest BCUT2D eigenvalue weighted by Crippen LogP contribution is -2.24. The zero-order chi connectivity index (χ0) is 21.8. The molecule has 2 amide bonds. The van der Waals surface area contributed by atoms with E-state index in [0.717, 1.165) is 12.1 Å². The Morgan fingerprint density at radius 2 is 1.90 bits per heavy atom. The number of benzene rings is 2. The van der Waals surface area contributed by atoms with Crippen LogP contribution in [0.4, 0.5) is 11.4 Å². The van der Waals surface area contributed by atoms with Gasteiger partial charge in [0.05, 0.1) is 17.7 Å². The number of furan rings is 1. The van der Waals surface area contributed by atoms with E-state index in [9.17, 15) is 18.0 Å². The standard InChI is InChI=1S/C22H21N3O5S/c26-21-10-3-11-25(21)18-7-2-6-17(14-18)24-22(27)16-5-1-9-20(13-16)31(28,29)23-15-19-8-4-12-30-19/h1-2,4-9,12-14,23H,3,10-11,15H2,(H,24,27). The van der Waals surface area contributed by atoms with E-state index in [1.54, 1.807) is 35.2 Å². The maximum Gasteiger partial charge on any atom is 0.255 e. The van der Waals surface area contributed by atoms with Gasteiger partial charge in [0.25, 0.3) is 5.91 Å². The van der Waals surface area contributed by atoms with Gasteiger partial charge in [-0.15, -0.1) is 0 Å². The van der Waals surface area contributed by atoms with Gasteiger partial charge < -0.3 is 14.6 Å². The number of hydrogen-bond donors (Lipinski definition) is 2. The van der Waals surface area contributed by atoms with E-state index in [4.69, 9.17) is 4.42 Å². The summed E-state index contributed by atoms with van der Waals surface area (Å²) in [5, 5.41) is 2.76. The second kappa shape index (κ2) is 8.75. The molecule has 1 saturated heterocycles. The molecule has 0 unspecified atom stereocenters. The van der Waals surface area contributed by atoms with E-state index < -0.39 is 15.9 Å². The highest BCUT2D eigenvalue weighted by atomic mass is 32.2. The molecular formula is C22H21N3O5S. The molecule has 0 bridgehead atoms. The quantitative estimate of drug-likeness (QED) is 0.588. The molecule has 2 N–H and O–H groups in total. The van der Waals surface area contributed by atoms with Crippen molar-refractivity contribution in [3.05, 3.63) is 78.3 Å². The normalized spacial score (nSPS) is 14.1. The number of rotatable bonds is 7. The molecule has 1 aromatic heterocycles. The van der Waals surface area contributed by atoms with Gasteiger partial charge in [-0.3, -0.25) is 9.59 Å². The van der Waals surface area contributed by atoms with E-state index in [-0.39, 0.29) is 22.9 Å². The van der Waals surface area contributed by atoms with Crippen LogP contribution in [0.5, 0.6) is 0 Å². The van der Waals surface area contributed by atoms with Crippen molar-refractivity contribution in [1.29, 1.82) is 0 Å². The van der Waals surface area contributed by atoms with Crippen LogP contribution in [0, 0.1) is 0 Å². The molecule has 1 aliphatic rings. The van der Waals surface area contributed by atoms with Crippen molar-refractivity contribution in [3.63, 3.8) is 0 Å². The first-order chi connectivity index (χ1) is 14.9. The summed E-state index contributed by atoms with van der Waals surface area (Å²) in [4.78, 5) is 26.3. The zero-order valence-corrected chi connectivity index (χ0v) is 17.4. The number of carbonyl (C=O) groups excluding carboxylic acids is 2. The number of anilines is 2. The van der Waals surface area contributed by atoms with Crippen molar-refractivity contribution in [2.75, 3.05) is 16.8 Å². The molecule has 160 valence electrons. The Labute approximate surface area is 179 Å². The van der Waals surface area contributed by atoms with Crippen molar-refractivity contribution in [2.45, 2.75) is 24.3 Å². The minimum atomic E-state index is -3.82. The van der Waals surface area contributed by atoms with Crippen molar-refractivity contribution in [1.82, 2.24) is 4.72 Å². The first-order valence-corrected chi connectivity index (χ1v) is 11.2. The van der Waals surface area contributed by atoms with Gasteiger partial charge in [0.15, 0.2) is 0 Å². The summed E-state index contributed by atoms with van der Waals surface area (Å²) in [6.45, 7) is 0.662. The average molecular weight is 439 g/mol. The topological polar surface area (TPSA) is 109 Å². The monoisotopic (exact) mass is 439 g/mol. The Morgan fingerprint density at radius 1 is 1.06 bits per heavy atom. The third-order valence-corrected chi connectivity index (χ3v) is 6.31. The molecule has 9 heteroatoms. The number of nitrogens with zero attached hydrogens (tertiary/aromatic N) is 1. The molecule has 4 rings (SSSR count). The fraction of sp³-hybridized carbons (Fsp3) is 0.182. The van der Waals surface area contributed by atoms with Crippen LogP contribution < -0.4 is 14.9 Å². The molecule has 31 heavy (non-hydrogen) atoms. The Balaban J connectivity index is 1.48. The minimum absolute atomic E-state index is 0.00771. The summed E-state index contributed by atoms with van der Waals surface area (Å²) in [5.41, 5.74) is 1.44. The number of nitrogens with one attached hydrogen (secondary N) is 2. The van der Waals surface area contributed by atoms with Gasteiger partial charge in [-0.1, -0.05) is 12.1 Å². The van der Waals surface area contributed by atoms with Gasteiger partial charge in [-0.25, -0.2) is 13.1 Å². The van der Waals surface area contributed by atoms with Crippen LogP contribution in [0.1, 0.15) is 29.0 Å².